The normalized spacial score (nSPS) is 25.0. The van der Waals surface area contributed by atoms with Crippen molar-refractivity contribution < 1.29 is 20.1 Å². The van der Waals surface area contributed by atoms with Gasteiger partial charge in [0, 0.05) is 12.4 Å². The summed E-state index contributed by atoms with van der Waals surface area (Å²) in [5.74, 6) is -0.101. The van der Waals surface area contributed by atoms with Gasteiger partial charge in [0.2, 0.25) is 5.95 Å². The second-order valence-electron chi connectivity index (χ2n) is 5.53. The SMILES string of the molecule is Nc1nc2c(ncn2[C@@H]2O[C@H](CO)[C@@H](O)[C@H]2O)c(=O)[nH]1.c1ccncc1. The van der Waals surface area contributed by atoms with Crippen molar-refractivity contribution in [1.82, 2.24) is 24.5 Å². The van der Waals surface area contributed by atoms with E-state index < -0.39 is 36.7 Å². The number of nitrogens with one attached hydrogen (secondary N) is 1. The molecule has 6 N–H and O–H groups in total. The lowest BCUT2D eigenvalue weighted by Crippen LogP contribution is -2.33. The van der Waals surface area contributed by atoms with Crippen LogP contribution in [0.5, 0.6) is 0 Å². The van der Waals surface area contributed by atoms with Crippen molar-refractivity contribution in [2.24, 2.45) is 0 Å². The van der Waals surface area contributed by atoms with E-state index >= 15 is 0 Å². The molecule has 26 heavy (non-hydrogen) atoms. The number of aromatic amines is 1. The van der Waals surface area contributed by atoms with Gasteiger partial charge >= 0.3 is 0 Å². The standard InChI is InChI=1S/C10H13N5O5.C5H5N/c11-10-13-7-4(8(19)14-10)12-2-15(7)9-6(18)5(17)3(1-16)20-9;1-2-4-6-5-3-1/h2-3,5-6,9,16-18H,1H2,(H3,11,13,14,19);1-5H/t3-,5-,6-,9-;/m1./s1. The van der Waals surface area contributed by atoms with E-state index in [1.807, 2.05) is 18.2 Å². The van der Waals surface area contributed by atoms with Gasteiger partial charge in [-0.05, 0) is 12.1 Å². The number of aromatic nitrogens is 5. The highest BCUT2D eigenvalue weighted by Crippen LogP contribution is 2.30. The number of H-pyrrole nitrogens is 1. The number of nitrogens with zero attached hydrogens (tertiary/aromatic N) is 4. The topological polar surface area (TPSA) is 172 Å². The lowest BCUT2D eigenvalue weighted by molar-refractivity contribution is -0.0511. The van der Waals surface area contributed by atoms with Gasteiger partial charge in [0.25, 0.3) is 5.56 Å². The Labute approximate surface area is 146 Å². The Kier molecular flexibility index (Phi) is 5.23. The third-order valence-electron chi connectivity index (χ3n) is 3.81. The van der Waals surface area contributed by atoms with Crippen molar-refractivity contribution >= 4 is 17.1 Å². The number of aliphatic hydroxyl groups is 3. The number of nitrogens with two attached hydrogens (primary N) is 1. The first kappa shape index (κ1) is 17.9. The average molecular weight is 362 g/mol. The summed E-state index contributed by atoms with van der Waals surface area (Å²) in [6.45, 7) is -0.447. The first-order valence-electron chi connectivity index (χ1n) is 7.72. The maximum atomic E-state index is 11.7. The van der Waals surface area contributed by atoms with Crippen molar-refractivity contribution in [3.8, 4) is 0 Å². The van der Waals surface area contributed by atoms with Gasteiger partial charge in [0.15, 0.2) is 17.4 Å². The molecule has 1 aliphatic heterocycles. The molecule has 3 aromatic rings. The molecule has 4 rings (SSSR count). The van der Waals surface area contributed by atoms with Crippen LogP contribution in [0.3, 0.4) is 0 Å². The van der Waals surface area contributed by atoms with Gasteiger partial charge in [-0.25, -0.2) is 4.98 Å². The van der Waals surface area contributed by atoms with Crippen LogP contribution in [0.1, 0.15) is 6.23 Å². The number of rotatable bonds is 2. The van der Waals surface area contributed by atoms with Gasteiger partial charge in [0.05, 0.1) is 12.9 Å². The summed E-state index contributed by atoms with van der Waals surface area (Å²) in [6, 6.07) is 5.72. The molecule has 4 atom stereocenters. The molecule has 0 unspecified atom stereocenters. The second-order valence-corrected chi connectivity index (χ2v) is 5.53. The fourth-order valence-electron chi connectivity index (χ4n) is 2.55. The molecule has 4 heterocycles. The van der Waals surface area contributed by atoms with Crippen molar-refractivity contribution in [2.45, 2.75) is 24.5 Å². The Morgan fingerprint density at radius 1 is 1.23 bits per heavy atom. The number of nitrogen functional groups attached to an aromatic ring is 1. The molecule has 11 heteroatoms. The third kappa shape index (κ3) is 3.41. The van der Waals surface area contributed by atoms with Gasteiger partial charge < -0.3 is 25.8 Å². The van der Waals surface area contributed by atoms with Crippen LogP contribution in [0, 0.1) is 0 Å². The zero-order chi connectivity index (χ0) is 18.7. The monoisotopic (exact) mass is 362 g/mol. The molecule has 3 aromatic heterocycles. The highest BCUT2D eigenvalue weighted by Gasteiger charge is 2.44. The minimum atomic E-state index is -1.29. The van der Waals surface area contributed by atoms with Gasteiger partial charge in [-0.15, -0.1) is 0 Å². The van der Waals surface area contributed by atoms with Gasteiger partial charge in [-0.1, -0.05) is 6.07 Å². The zero-order valence-electron chi connectivity index (χ0n) is 13.5. The Morgan fingerprint density at radius 2 is 1.96 bits per heavy atom. The van der Waals surface area contributed by atoms with E-state index in [0.717, 1.165) is 0 Å². The number of hydrogen-bond acceptors (Lipinski definition) is 9. The number of ether oxygens (including phenoxy) is 1. The third-order valence-corrected chi connectivity index (χ3v) is 3.81. The number of anilines is 1. The Hall–Kier alpha value is -2.86. The second kappa shape index (κ2) is 7.58. The smallest absolute Gasteiger partial charge is 0.280 e. The Bertz CT molecular complexity index is 887. The molecule has 0 amide bonds. The quantitative estimate of drug-likeness (QED) is 0.359. The molecule has 11 nitrogen and oxygen atoms in total. The van der Waals surface area contributed by atoms with E-state index in [1.165, 1.54) is 10.9 Å². The van der Waals surface area contributed by atoms with Gasteiger partial charge in [-0.3, -0.25) is 19.3 Å². The molecule has 1 fully saturated rings. The van der Waals surface area contributed by atoms with Crippen LogP contribution in [-0.4, -0.2) is 64.7 Å². The Balaban J connectivity index is 0.000000278. The predicted molar refractivity (Wildman–Crippen MR) is 89.8 cm³/mol. The van der Waals surface area contributed by atoms with E-state index in [0.29, 0.717) is 0 Å². The highest BCUT2D eigenvalue weighted by atomic mass is 16.6. The molecule has 1 aliphatic rings. The summed E-state index contributed by atoms with van der Waals surface area (Å²) in [7, 11) is 0. The molecule has 0 aliphatic carbocycles. The number of fused-ring (bicyclic) bond motifs is 1. The fourth-order valence-corrected chi connectivity index (χ4v) is 2.55. The van der Waals surface area contributed by atoms with Crippen LogP contribution in [0.4, 0.5) is 5.95 Å². The Morgan fingerprint density at radius 3 is 2.50 bits per heavy atom. The predicted octanol–water partition coefficient (Wildman–Crippen LogP) is -1.61. The van der Waals surface area contributed by atoms with Crippen molar-refractivity contribution in [2.75, 3.05) is 12.3 Å². The van der Waals surface area contributed by atoms with Crippen molar-refractivity contribution in [3.05, 3.63) is 47.3 Å². The zero-order valence-corrected chi connectivity index (χ0v) is 13.5. The minimum absolute atomic E-state index is 0.0388. The van der Waals surface area contributed by atoms with Crippen LogP contribution >= 0.6 is 0 Å². The van der Waals surface area contributed by atoms with E-state index in [1.54, 1.807) is 12.4 Å². The highest BCUT2D eigenvalue weighted by molar-refractivity contribution is 5.70. The van der Waals surface area contributed by atoms with E-state index in [4.69, 9.17) is 15.6 Å². The number of aliphatic hydroxyl groups excluding tert-OH is 3. The van der Waals surface area contributed by atoms with E-state index in [2.05, 4.69) is 19.9 Å². The van der Waals surface area contributed by atoms with Crippen molar-refractivity contribution in [3.63, 3.8) is 0 Å². The lowest BCUT2D eigenvalue weighted by Gasteiger charge is -2.16. The summed E-state index contributed by atoms with van der Waals surface area (Å²) < 4.78 is 6.64. The molecule has 0 radical (unpaired) electrons. The van der Waals surface area contributed by atoms with Crippen molar-refractivity contribution in [1.29, 1.82) is 0 Å². The molecule has 138 valence electrons. The first-order valence-corrected chi connectivity index (χ1v) is 7.72. The summed E-state index contributed by atoms with van der Waals surface area (Å²) in [5.41, 5.74) is 5.12. The van der Waals surface area contributed by atoms with Crippen LogP contribution in [0.15, 0.2) is 41.7 Å². The molecule has 0 spiro atoms. The van der Waals surface area contributed by atoms with Crippen LogP contribution in [0.25, 0.3) is 11.2 Å². The molecular weight excluding hydrogens is 344 g/mol. The number of imidazole rings is 1. The van der Waals surface area contributed by atoms with Crippen LogP contribution in [-0.2, 0) is 4.74 Å². The average Bonchev–Trinajstić information content (AvgIpc) is 3.19. The summed E-state index contributed by atoms with van der Waals surface area (Å²) >= 11 is 0. The van der Waals surface area contributed by atoms with E-state index in [9.17, 15) is 15.0 Å². The maximum absolute atomic E-state index is 11.7. The minimum Gasteiger partial charge on any atom is -0.394 e. The summed E-state index contributed by atoms with van der Waals surface area (Å²) in [6.07, 6.45) is 0.286. The van der Waals surface area contributed by atoms with Crippen LogP contribution < -0.4 is 11.3 Å². The van der Waals surface area contributed by atoms with Gasteiger partial charge in [0.1, 0.15) is 18.3 Å². The molecule has 0 bridgehead atoms. The molecule has 0 saturated carbocycles. The van der Waals surface area contributed by atoms with E-state index in [-0.39, 0.29) is 17.1 Å². The number of pyridine rings is 1. The lowest BCUT2D eigenvalue weighted by atomic mass is 10.1. The number of hydrogen-bond donors (Lipinski definition) is 5. The maximum Gasteiger partial charge on any atom is 0.280 e. The first-order chi connectivity index (χ1) is 12.5. The summed E-state index contributed by atoms with van der Waals surface area (Å²) in [4.78, 5) is 25.6. The molecule has 1 saturated heterocycles. The van der Waals surface area contributed by atoms with Gasteiger partial charge in [-0.2, -0.15) is 4.98 Å². The largest absolute Gasteiger partial charge is 0.394 e. The summed E-state index contributed by atoms with van der Waals surface area (Å²) in [5, 5.41) is 28.7. The molecule has 0 aromatic carbocycles. The fraction of sp³-hybridized carbons (Fsp3) is 0.333. The van der Waals surface area contributed by atoms with Crippen LogP contribution in [0.2, 0.25) is 0 Å². The molecular formula is C15H18N6O5.